The molecule has 1 amide bonds. The zero-order valence-corrected chi connectivity index (χ0v) is 12.1. The molecule has 4 nitrogen and oxygen atoms in total. The molecular weight excluding hydrogens is 272 g/mol. The molecular formula is C15H16N2O2S. The summed E-state index contributed by atoms with van der Waals surface area (Å²) in [6, 6.07) is 5.67. The van der Waals surface area contributed by atoms with Gasteiger partial charge >= 0.3 is 0 Å². The largest absolute Gasteiger partial charge is 0.460 e. The Hall–Kier alpha value is -1.88. The van der Waals surface area contributed by atoms with Crippen molar-refractivity contribution in [3.05, 3.63) is 45.0 Å². The monoisotopic (exact) mass is 288 g/mol. The van der Waals surface area contributed by atoms with Crippen LogP contribution in [-0.4, -0.2) is 12.1 Å². The second-order valence-electron chi connectivity index (χ2n) is 4.91. The molecule has 3 rings (SSSR count). The maximum atomic E-state index is 12.0. The third-order valence-electron chi connectivity index (χ3n) is 3.34. The van der Waals surface area contributed by atoms with Crippen LogP contribution in [0.3, 0.4) is 0 Å². The molecule has 1 aliphatic carbocycles. The summed E-state index contributed by atoms with van der Waals surface area (Å²) in [6.07, 6.45) is 6.15. The molecule has 2 heterocycles. The standard InChI is InChI=1S/C15H16N2O2S/c1-10-6-7-12(19-10)9-16-17-15(18)14-8-11-4-2-3-5-13(11)20-14/h6-9H,2-5H2,1H3,(H,17,18). The average molecular weight is 288 g/mol. The van der Waals surface area contributed by atoms with Gasteiger partial charge in [-0.2, -0.15) is 5.10 Å². The van der Waals surface area contributed by atoms with Crippen molar-refractivity contribution in [1.29, 1.82) is 0 Å². The molecule has 2 aromatic heterocycles. The fourth-order valence-electron chi connectivity index (χ4n) is 2.33. The van der Waals surface area contributed by atoms with Gasteiger partial charge in [-0.15, -0.1) is 11.3 Å². The molecule has 20 heavy (non-hydrogen) atoms. The summed E-state index contributed by atoms with van der Waals surface area (Å²) in [5.41, 5.74) is 3.88. The van der Waals surface area contributed by atoms with Crippen LogP contribution in [0.15, 0.2) is 27.7 Å². The number of hydrogen-bond donors (Lipinski definition) is 1. The SMILES string of the molecule is Cc1ccc(C=NNC(=O)c2cc3c(s2)CCCC3)o1. The zero-order chi connectivity index (χ0) is 13.9. The molecule has 0 saturated carbocycles. The third-order valence-corrected chi connectivity index (χ3v) is 4.58. The quantitative estimate of drug-likeness (QED) is 0.696. The van der Waals surface area contributed by atoms with Gasteiger partial charge in [0.1, 0.15) is 11.5 Å². The number of fused-ring (bicyclic) bond motifs is 1. The molecule has 0 spiro atoms. The van der Waals surface area contributed by atoms with Gasteiger partial charge in [0.25, 0.3) is 5.91 Å². The molecule has 0 aromatic carbocycles. The lowest BCUT2D eigenvalue weighted by Crippen LogP contribution is -2.16. The molecule has 0 aliphatic heterocycles. The molecule has 0 bridgehead atoms. The van der Waals surface area contributed by atoms with E-state index < -0.39 is 0 Å². The summed E-state index contributed by atoms with van der Waals surface area (Å²) in [7, 11) is 0. The molecule has 0 fully saturated rings. The van der Waals surface area contributed by atoms with Gasteiger partial charge in [0.2, 0.25) is 0 Å². The second kappa shape index (κ2) is 5.63. The van der Waals surface area contributed by atoms with Crippen molar-refractivity contribution in [2.75, 3.05) is 0 Å². The van der Waals surface area contributed by atoms with Crippen molar-refractivity contribution >= 4 is 23.5 Å². The molecule has 1 aliphatic rings. The van der Waals surface area contributed by atoms with Crippen molar-refractivity contribution < 1.29 is 9.21 Å². The molecule has 104 valence electrons. The van der Waals surface area contributed by atoms with Gasteiger partial charge in [-0.3, -0.25) is 4.79 Å². The molecule has 5 heteroatoms. The first-order chi connectivity index (χ1) is 9.72. The number of nitrogens with zero attached hydrogens (tertiary/aromatic N) is 1. The number of carbonyl (C=O) groups excluding carboxylic acids is 1. The van der Waals surface area contributed by atoms with Gasteiger partial charge in [-0.05, 0) is 56.4 Å². The Labute approximate surface area is 121 Å². The first-order valence-electron chi connectivity index (χ1n) is 6.74. The van der Waals surface area contributed by atoms with Gasteiger partial charge in [-0.1, -0.05) is 0 Å². The van der Waals surface area contributed by atoms with Gasteiger partial charge in [0.15, 0.2) is 0 Å². The van der Waals surface area contributed by atoms with Crippen molar-refractivity contribution in [1.82, 2.24) is 5.43 Å². The summed E-state index contributed by atoms with van der Waals surface area (Å²) in [5.74, 6) is 1.31. The maximum absolute atomic E-state index is 12.0. The fourth-order valence-corrected chi connectivity index (χ4v) is 3.48. The van der Waals surface area contributed by atoms with Crippen LogP contribution >= 0.6 is 11.3 Å². The third kappa shape index (κ3) is 2.82. The van der Waals surface area contributed by atoms with Crippen molar-refractivity contribution in [3.8, 4) is 0 Å². The number of thiophene rings is 1. The highest BCUT2D eigenvalue weighted by atomic mass is 32.1. The van der Waals surface area contributed by atoms with E-state index in [1.54, 1.807) is 11.3 Å². The van der Waals surface area contributed by atoms with E-state index in [1.165, 1.54) is 29.5 Å². The first kappa shape index (κ1) is 13.1. The maximum Gasteiger partial charge on any atom is 0.281 e. The number of rotatable bonds is 3. The lowest BCUT2D eigenvalue weighted by Gasteiger charge is -2.08. The van der Waals surface area contributed by atoms with E-state index in [0.29, 0.717) is 5.76 Å². The number of furan rings is 1. The number of carbonyl (C=O) groups is 1. The van der Waals surface area contributed by atoms with Crippen LogP contribution < -0.4 is 5.43 Å². The lowest BCUT2D eigenvalue weighted by atomic mass is 9.99. The predicted molar refractivity (Wildman–Crippen MR) is 79.5 cm³/mol. The van der Waals surface area contributed by atoms with Crippen LogP contribution in [-0.2, 0) is 12.8 Å². The molecule has 0 unspecified atom stereocenters. The van der Waals surface area contributed by atoms with Crippen LogP contribution in [0.4, 0.5) is 0 Å². The summed E-state index contributed by atoms with van der Waals surface area (Å²) in [4.78, 5) is 14.1. The fraction of sp³-hybridized carbons (Fsp3) is 0.333. The van der Waals surface area contributed by atoms with E-state index in [-0.39, 0.29) is 5.91 Å². The summed E-state index contributed by atoms with van der Waals surface area (Å²) in [6.45, 7) is 1.87. The van der Waals surface area contributed by atoms with Crippen molar-refractivity contribution in [3.63, 3.8) is 0 Å². The molecule has 2 aromatic rings. The Kier molecular flexibility index (Phi) is 3.69. The predicted octanol–water partition coefficient (Wildman–Crippen LogP) is 3.29. The van der Waals surface area contributed by atoms with E-state index in [9.17, 15) is 4.79 Å². The van der Waals surface area contributed by atoms with Crippen molar-refractivity contribution in [2.24, 2.45) is 5.10 Å². The number of amides is 1. The van der Waals surface area contributed by atoms with Crippen LogP contribution in [0.1, 0.15) is 44.5 Å². The molecule has 1 N–H and O–H groups in total. The van der Waals surface area contributed by atoms with E-state index in [1.807, 2.05) is 25.1 Å². The Bertz CT molecular complexity index is 631. The normalized spacial score (nSPS) is 14.4. The highest BCUT2D eigenvalue weighted by molar-refractivity contribution is 7.14. The minimum atomic E-state index is -0.149. The molecule has 0 saturated heterocycles. The number of aryl methyl sites for hydroxylation is 3. The highest BCUT2D eigenvalue weighted by Crippen LogP contribution is 2.29. The smallest absolute Gasteiger partial charge is 0.281 e. The van der Waals surface area contributed by atoms with E-state index >= 15 is 0 Å². The van der Waals surface area contributed by atoms with Gasteiger partial charge in [0.05, 0.1) is 11.1 Å². The van der Waals surface area contributed by atoms with Gasteiger partial charge in [-0.25, -0.2) is 5.43 Å². The second-order valence-corrected chi connectivity index (χ2v) is 6.05. The number of hydrazone groups is 1. The topological polar surface area (TPSA) is 54.6 Å². The Morgan fingerprint density at radius 2 is 2.25 bits per heavy atom. The molecule has 0 atom stereocenters. The van der Waals surface area contributed by atoms with Gasteiger partial charge < -0.3 is 4.42 Å². The minimum Gasteiger partial charge on any atom is -0.460 e. The highest BCUT2D eigenvalue weighted by Gasteiger charge is 2.16. The minimum absolute atomic E-state index is 0.149. The van der Waals surface area contributed by atoms with Crippen molar-refractivity contribution in [2.45, 2.75) is 32.6 Å². The lowest BCUT2D eigenvalue weighted by molar-refractivity contribution is 0.0959. The Balaban J connectivity index is 1.64. The number of nitrogens with one attached hydrogen (secondary N) is 1. The average Bonchev–Trinajstić information content (AvgIpc) is 3.04. The van der Waals surface area contributed by atoms with Crippen LogP contribution in [0, 0.1) is 6.92 Å². The zero-order valence-electron chi connectivity index (χ0n) is 11.3. The van der Waals surface area contributed by atoms with Crippen LogP contribution in [0.2, 0.25) is 0 Å². The van der Waals surface area contributed by atoms with Gasteiger partial charge in [0, 0.05) is 4.88 Å². The first-order valence-corrected chi connectivity index (χ1v) is 7.55. The summed E-state index contributed by atoms with van der Waals surface area (Å²) in [5, 5.41) is 3.93. The van der Waals surface area contributed by atoms with E-state index in [4.69, 9.17) is 4.42 Å². The Morgan fingerprint density at radius 1 is 1.40 bits per heavy atom. The summed E-state index contributed by atoms with van der Waals surface area (Å²) < 4.78 is 5.34. The summed E-state index contributed by atoms with van der Waals surface area (Å²) >= 11 is 1.58. The van der Waals surface area contributed by atoms with Crippen LogP contribution in [0.5, 0.6) is 0 Å². The van der Waals surface area contributed by atoms with E-state index in [2.05, 4.69) is 10.5 Å². The molecule has 0 radical (unpaired) electrons. The van der Waals surface area contributed by atoms with Crippen LogP contribution in [0.25, 0.3) is 0 Å². The van der Waals surface area contributed by atoms with E-state index in [0.717, 1.165) is 23.5 Å². The Morgan fingerprint density at radius 3 is 3.00 bits per heavy atom. The number of hydrogen-bond acceptors (Lipinski definition) is 4.